The van der Waals surface area contributed by atoms with Crippen molar-refractivity contribution >= 4 is 8.80 Å². The first-order chi connectivity index (χ1) is 7.20. The highest BCUT2D eigenvalue weighted by molar-refractivity contribution is 6.63. The molecule has 1 atom stereocenters. The maximum Gasteiger partial charge on any atom is 0.522 e. The van der Waals surface area contributed by atoms with E-state index in [1.165, 1.54) is 6.20 Å². The second-order valence-corrected chi connectivity index (χ2v) is 5.82. The summed E-state index contributed by atoms with van der Waals surface area (Å²) in [5.74, 6) is 0. The van der Waals surface area contributed by atoms with Crippen molar-refractivity contribution in [1.29, 1.82) is 0 Å². The van der Waals surface area contributed by atoms with Gasteiger partial charge < -0.3 is 24.3 Å². The average Bonchev–Trinajstić information content (AvgIpc) is 2.29. The van der Waals surface area contributed by atoms with E-state index >= 15 is 0 Å². The fraction of sp³-hybridized carbons (Fsp3) is 0.556. The molecular weight excluding hydrogens is 212 g/mol. The number of hydrogen-bond donors (Lipinski definition) is 2. The molecule has 0 aromatic rings. The Morgan fingerprint density at radius 3 is 2.20 bits per heavy atom. The normalized spacial score (nSPS) is 14.3. The largest absolute Gasteiger partial charge is 0.522 e. The molecule has 0 radical (unpaired) electrons. The molecule has 0 rings (SSSR count). The second-order valence-electron chi connectivity index (χ2n) is 2.77. The van der Waals surface area contributed by atoms with Crippen LogP contribution in [0.4, 0.5) is 0 Å². The molecule has 1 unspecified atom stereocenters. The van der Waals surface area contributed by atoms with Gasteiger partial charge in [0.2, 0.25) is 0 Å². The van der Waals surface area contributed by atoms with Gasteiger partial charge in [0, 0.05) is 27.9 Å². The fourth-order valence-corrected chi connectivity index (χ4v) is 3.16. The number of nitrogens with one attached hydrogen (secondary N) is 1. The Hall–Kier alpha value is -0.663. The summed E-state index contributed by atoms with van der Waals surface area (Å²) in [7, 11) is 2.00. The molecule has 0 amide bonds. The van der Waals surface area contributed by atoms with Crippen molar-refractivity contribution in [1.82, 2.24) is 5.32 Å². The smallest absolute Gasteiger partial charge is 0.405 e. The van der Waals surface area contributed by atoms with Gasteiger partial charge in [0.05, 0.1) is 5.67 Å². The minimum Gasteiger partial charge on any atom is -0.405 e. The zero-order valence-electron chi connectivity index (χ0n) is 9.53. The third-order valence-corrected chi connectivity index (χ3v) is 4.97. The van der Waals surface area contributed by atoms with Crippen molar-refractivity contribution in [3.8, 4) is 0 Å². The molecule has 0 aliphatic heterocycles. The van der Waals surface area contributed by atoms with Crippen molar-refractivity contribution < 1.29 is 13.3 Å². The van der Waals surface area contributed by atoms with E-state index in [-0.39, 0.29) is 5.67 Å². The highest BCUT2D eigenvalue weighted by Gasteiger charge is 2.45. The number of rotatable bonds is 8. The van der Waals surface area contributed by atoms with Crippen LogP contribution in [0.3, 0.4) is 0 Å². The van der Waals surface area contributed by atoms with Gasteiger partial charge in [-0.15, -0.1) is 6.58 Å². The van der Waals surface area contributed by atoms with Gasteiger partial charge in [0.25, 0.3) is 0 Å². The number of hydrogen-bond acceptors (Lipinski definition) is 5. The van der Waals surface area contributed by atoms with E-state index in [0.717, 1.165) is 0 Å². The van der Waals surface area contributed by atoms with Crippen LogP contribution in [0.25, 0.3) is 0 Å². The van der Waals surface area contributed by atoms with E-state index in [0.29, 0.717) is 6.54 Å². The molecule has 6 heteroatoms. The molecule has 0 aliphatic carbocycles. The SMILES string of the molecule is C=CC(NCC=CN)[Si](OC)(OC)OC. The molecule has 0 saturated carbocycles. The molecule has 0 spiro atoms. The zero-order valence-corrected chi connectivity index (χ0v) is 10.5. The lowest BCUT2D eigenvalue weighted by Gasteiger charge is -2.30. The lowest BCUT2D eigenvalue weighted by Crippen LogP contribution is -2.59. The molecule has 0 bridgehead atoms. The molecule has 0 aromatic heterocycles. The monoisotopic (exact) mass is 232 g/mol. The van der Waals surface area contributed by atoms with Crippen molar-refractivity contribution in [2.45, 2.75) is 5.67 Å². The standard InChI is InChI=1S/C9H20N2O3Si/c1-5-9(11-8-6-7-10)15(12-2,13-3)14-4/h5-7,9,11H,1,8,10H2,2-4H3. The summed E-state index contributed by atoms with van der Waals surface area (Å²) in [5, 5.41) is 3.17. The summed E-state index contributed by atoms with van der Waals surface area (Å²) in [6.07, 6.45) is 4.98. The van der Waals surface area contributed by atoms with Crippen LogP contribution in [0, 0.1) is 0 Å². The van der Waals surface area contributed by atoms with E-state index in [9.17, 15) is 0 Å². The first kappa shape index (κ1) is 14.3. The minimum absolute atomic E-state index is 0.159. The van der Waals surface area contributed by atoms with Crippen LogP contribution < -0.4 is 11.1 Å². The molecule has 15 heavy (non-hydrogen) atoms. The highest BCUT2D eigenvalue weighted by Crippen LogP contribution is 2.12. The van der Waals surface area contributed by atoms with Crippen LogP contribution >= 0.6 is 0 Å². The molecule has 88 valence electrons. The minimum atomic E-state index is -2.70. The third kappa shape index (κ3) is 3.77. The van der Waals surface area contributed by atoms with E-state index in [4.69, 9.17) is 19.0 Å². The van der Waals surface area contributed by atoms with E-state index in [2.05, 4.69) is 11.9 Å². The van der Waals surface area contributed by atoms with Gasteiger partial charge in [-0.05, 0) is 6.20 Å². The summed E-state index contributed by atoms with van der Waals surface area (Å²) in [6.45, 7) is 4.34. The van der Waals surface area contributed by atoms with Gasteiger partial charge in [-0.3, -0.25) is 0 Å². The van der Waals surface area contributed by atoms with Crippen LogP contribution in [-0.4, -0.2) is 42.3 Å². The highest BCUT2D eigenvalue weighted by atomic mass is 28.4. The Bertz CT molecular complexity index is 199. The Morgan fingerprint density at radius 2 is 1.87 bits per heavy atom. The molecule has 0 aliphatic rings. The molecule has 0 saturated heterocycles. The van der Waals surface area contributed by atoms with Gasteiger partial charge in [0.15, 0.2) is 0 Å². The Morgan fingerprint density at radius 1 is 1.33 bits per heavy atom. The molecule has 0 heterocycles. The average molecular weight is 232 g/mol. The topological polar surface area (TPSA) is 65.7 Å². The number of nitrogens with two attached hydrogens (primary N) is 1. The van der Waals surface area contributed by atoms with Crippen molar-refractivity contribution in [3.05, 3.63) is 24.9 Å². The summed E-state index contributed by atoms with van der Waals surface area (Å²) in [5.41, 5.74) is 5.08. The van der Waals surface area contributed by atoms with E-state index in [1.54, 1.807) is 33.5 Å². The summed E-state index contributed by atoms with van der Waals surface area (Å²) in [4.78, 5) is 0. The van der Waals surface area contributed by atoms with Crippen LogP contribution in [-0.2, 0) is 13.3 Å². The predicted octanol–water partition coefficient (Wildman–Crippen LogP) is 0.0203. The first-order valence-corrected chi connectivity index (χ1v) is 6.39. The van der Waals surface area contributed by atoms with Gasteiger partial charge in [-0.25, -0.2) is 0 Å². The summed E-state index contributed by atoms with van der Waals surface area (Å²) >= 11 is 0. The van der Waals surface area contributed by atoms with Crippen LogP contribution in [0.15, 0.2) is 24.9 Å². The van der Waals surface area contributed by atoms with Gasteiger partial charge >= 0.3 is 8.80 Å². The Balaban J connectivity index is 4.51. The molecule has 0 aromatic carbocycles. The molecule has 3 N–H and O–H groups in total. The summed E-state index contributed by atoms with van der Waals surface area (Å²) < 4.78 is 16.0. The van der Waals surface area contributed by atoms with Crippen LogP contribution in [0.1, 0.15) is 0 Å². The van der Waals surface area contributed by atoms with Crippen molar-refractivity contribution in [2.75, 3.05) is 27.9 Å². The van der Waals surface area contributed by atoms with E-state index in [1.807, 2.05) is 0 Å². The molecular formula is C9H20N2O3Si. The quantitative estimate of drug-likeness (QED) is 0.456. The molecule has 0 fully saturated rings. The van der Waals surface area contributed by atoms with Gasteiger partial charge in [-0.2, -0.15) is 0 Å². The molecule has 5 nitrogen and oxygen atoms in total. The Labute approximate surface area is 92.3 Å². The van der Waals surface area contributed by atoms with Gasteiger partial charge in [0.1, 0.15) is 0 Å². The lowest BCUT2D eigenvalue weighted by atomic mass is 10.5. The lowest BCUT2D eigenvalue weighted by molar-refractivity contribution is 0.114. The van der Waals surface area contributed by atoms with Crippen molar-refractivity contribution in [3.63, 3.8) is 0 Å². The predicted molar refractivity (Wildman–Crippen MR) is 62.1 cm³/mol. The maximum absolute atomic E-state index is 5.33. The fourth-order valence-electron chi connectivity index (χ4n) is 1.25. The maximum atomic E-state index is 5.33. The van der Waals surface area contributed by atoms with Crippen molar-refractivity contribution in [2.24, 2.45) is 5.73 Å². The summed E-state index contributed by atoms with van der Waals surface area (Å²) in [6, 6.07) is 0. The second kappa shape index (κ2) is 7.61. The van der Waals surface area contributed by atoms with Crippen LogP contribution in [0.5, 0.6) is 0 Å². The Kier molecular flexibility index (Phi) is 7.27. The van der Waals surface area contributed by atoms with E-state index < -0.39 is 8.80 Å². The van der Waals surface area contributed by atoms with Crippen LogP contribution in [0.2, 0.25) is 0 Å². The third-order valence-electron chi connectivity index (χ3n) is 2.06. The van der Waals surface area contributed by atoms with Gasteiger partial charge in [-0.1, -0.05) is 12.2 Å². The first-order valence-electron chi connectivity index (χ1n) is 4.58. The zero-order chi connectivity index (χ0) is 11.7.